The molecule has 0 radical (unpaired) electrons. The van der Waals surface area contributed by atoms with Crippen LogP contribution in [0.5, 0.6) is 0 Å². The molecule has 0 amide bonds. The molecule has 1 saturated carbocycles. The fourth-order valence-electron chi connectivity index (χ4n) is 3.34. The van der Waals surface area contributed by atoms with E-state index in [1.54, 1.807) is 0 Å². The van der Waals surface area contributed by atoms with Gasteiger partial charge < -0.3 is 14.2 Å². The zero-order chi connectivity index (χ0) is 12.2. The number of ether oxygens (including phenoxy) is 3. The molecule has 0 aromatic heterocycles. The topological polar surface area (TPSA) is 61.8 Å². The average molecular weight is 238 g/mol. The van der Waals surface area contributed by atoms with Crippen LogP contribution in [-0.2, 0) is 23.8 Å². The number of hydrogen-bond donors (Lipinski definition) is 0. The highest BCUT2D eigenvalue weighted by atomic mass is 16.7. The minimum atomic E-state index is -1.29. The van der Waals surface area contributed by atoms with E-state index in [0.717, 1.165) is 0 Å². The fourth-order valence-corrected chi connectivity index (χ4v) is 3.34. The maximum atomic E-state index is 12.4. The smallest absolute Gasteiger partial charge is 0.306 e. The van der Waals surface area contributed by atoms with Crippen molar-refractivity contribution in [2.24, 2.45) is 17.8 Å². The molecular formula is C12H14O5. The third kappa shape index (κ3) is 1.16. The van der Waals surface area contributed by atoms with Crippen molar-refractivity contribution in [2.75, 3.05) is 14.2 Å². The van der Waals surface area contributed by atoms with Crippen LogP contribution in [0.25, 0.3) is 0 Å². The van der Waals surface area contributed by atoms with E-state index in [0.29, 0.717) is 6.42 Å². The molecule has 0 N–H and O–H groups in total. The zero-order valence-electron chi connectivity index (χ0n) is 9.71. The van der Waals surface area contributed by atoms with Gasteiger partial charge in [-0.15, -0.1) is 0 Å². The van der Waals surface area contributed by atoms with Crippen LogP contribution in [0.2, 0.25) is 0 Å². The Morgan fingerprint density at radius 2 is 2.00 bits per heavy atom. The Bertz CT molecular complexity index is 409. The van der Waals surface area contributed by atoms with E-state index in [4.69, 9.17) is 14.2 Å². The van der Waals surface area contributed by atoms with Gasteiger partial charge in [0, 0.05) is 26.1 Å². The van der Waals surface area contributed by atoms with E-state index in [2.05, 4.69) is 0 Å². The van der Waals surface area contributed by atoms with Crippen molar-refractivity contribution in [3.05, 3.63) is 12.2 Å². The van der Waals surface area contributed by atoms with Crippen LogP contribution < -0.4 is 0 Å². The molecule has 4 aliphatic rings. The number of rotatable bonds is 2. The summed E-state index contributed by atoms with van der Waals surface area (Å²) in [5, 5.41) is 0. The number of allylic oxidation sites excluding steroid dienone is 1. The minimum absolute atomic E-state index is 0.0524. The van der Waals surface area contributed by atoms with Crippen LogP contribution in [0.4, 0.5) is 0 Å². The highest BCUT2D eigenvalue weighted by Gasteiger charge is 2.64. The molecule has 0 aromatic carbocycles. The van der Waals surface area contributed by atoms with Gasteiger partial charge in [-0.2, -0.15) is 0 Å². The van der Waals surface area contributed by atoms with Gasteiger partial charge in [0.25, 0.3) is 0 Å². The van der Waals surface area contributed by atoms with Gasteiger partial charge in [-0.05, 0) is 0 Å². The molecule has 4 rings (SSSR count). The monoisotopic (exact) mass is 238 g/mol. The third-order valence-electron chi connectivity index (χ3n) is 4.12. The first-order valence-electron chi connectivity index (χ1n) is 5.66. The Kier molecular flexibility index (Phi) is 2.18. The lowest BCUT2D eigenvalue weighted by molar-refractivity contribution is -0.253. The first-order chi connectivity index (χ1) is 8.14. The van der Waals surface area contributed by atoms with Crippen molar-refractivity contribution < 1.29 is 23.8 Å². The normalized spacial score (nSPS) is 41.5. The van der Waals surface area contributed by atoms with E-state index in [-0.39, 0.29) is 35.6 Å². The van der Waals surface area contributed by atoms with Gasteiger partial charge in [-0.1, -0.05) is 12.2 Å². The summed E-state index contributed by atoms with van der Waals surface area (Å²) in [5.74, 6) is -2.36. The van der Waals surface area contributed by atoms with Crippen LogP contribution >= 0.6 is 0 Å². The van der Waals surface area contributed by atoms with Crippen LogP contribution in [0, 0.1) is 17.8 Å². The third-order valence-corrected chi connectivity index (χ3v) is 4.12. The lowest BCUT2D eigenvalue weighted by atomic mass is 9.63. The Morgan fingerprint density at radius 3 is 2.65 bits per heavy atom. The van der Waals surface area contributed by atoms with Crippen LogP contribution in [0.15, 0.2) is 12.2 Å². The Morgan fingerprint density at radius 1 is 1.29 bits per heavy atom. The van der Waals surface area contributed by atoms with Gasteiger partial charge in [0.05, 0.1) is 12.3 Å². The molecule has 0 aromatic rings. The molecule has 1 aliphatic heterocycles. The maximum Gasteiger partial charge on any atom is 0.306 e. The second kappa shape index (κ2) is 3.40. The van der Waals surface area contributed by atoms with E-state index in [1.165, 1.54) is 14.2 Å². The van der Waals surface area contributed by atoms with Gasteiger partial charge >= 0.3 is 5.97 Å². The Balaban J connectivity index is 2.07. The maximum absolute atomic E-state index is 12.4. The van der Waals surface area contributed by atoms with Crippen LogP contribution in [0.3, 0.4) is 0 Å². The van der Waals surface area contributed by atoms with Crippen molar-refractivity contribution in [3.8, 4) is 0 Å². The predicted molar refractivity (Wildman–Crippen MR) is 55.9 cm³/mol. The van der Waals surface area contributed by atoms with Gasteiger partial charge in [-0.25, -0.2) is 0 Å². The summed E-state index contributed by atoms with van der Waals surface area (Å²) in [5.41, 5.74) is 0. The summed E-state index contributed by atoms with van der Waals surface area (Å²) >= 11 is 0. The molecule has 1 saturated heterocycles. The SMILES string of the molecule is COC1(OC)C(=O)C2C=CC1C1OC(=O)CC21. The van der Waals surface area contributed by atoms with Crippen molar-refractivity contribution in [3.63, 3.8) is 0 Å². The summed E-state index contributed by atoms with van der Waals surface area (Å²) in [6, 6.07) is 0. The number of methoxy groups -OCH3 is 2. The number of ketones is 1. The Hall–Kier alpha value is -1.20. The average Bonchev–Trinajstić information content (AvgIpc) is 2.72. The van der Waals surface area contributed by atoms with E-state index < -0.39 is 5.79 Å². The lowest BCUT2D eigenvalue weighted by Crippen LogP contribution is -2.63. The van der Waals surface area contributed by atoms with Gasteiger partial charge in [0.15, 0.2) is 5.78 Å². The van der Waals surface area contributed by atoms with Crippen molar-refractivity contribution in [1.82, 2.24) is 0 Å². The van der Waals surface area contributed by atoms with Gasteiger partial charge in [0.1, 0.15) is 6.10 Å². The predicted octanol–water partition coefficient (Wildman–Crippen LogP) is 0.292. The highest BCUT2D eigenvalue weighted by Crippen LogP contribution is 2.51. The molecule has 5 nitrogen and oxygen atoms in total. The summed E-state index contributed by atoms with van der Waals surface area (Å²) in [6.07, 6.45) is 3.74. The Labute approximate surface area is 98.7 Å². The van der Waals surface area contributed by atoms with Gasteiger partial charge in [-0.3, -0.25) is 9.59 Å². The second-order valence-corrected chi connectivity index (χ2v) is 4.70. The van der Waals surface area contributed by atoms with E-state index in [9.17, 15) is 9.59 Å². The zero-order valence-corrected chi connectivity index (χ0v) is 9.71. The first-order valence-corrected chi connectivity index (χ1v) is 5.66. The van der Waals surface area contributed by atoms with Crippen molar-refractivity contribution in [1.29, 1.82) is 0 Å². The van der Waals surface area contributed by atoms with E-state index in [1.807, 2.05) is 12.2 Å². The van der Waals surface area contributed by atoms with Gasteiger partial charge in [0.2, 0.25) is 5.79 Å². The van der Waals surface area contributed by atoms with Crippen LogP contribution in [0.1, 0.15) is 6.42 Å². The number of carbonyl (C=O) groups excluding carboxylic acids is 2. The molecule has 5 heteroatoms. The second-order valence-electron chi connectivity index (χ2n) is 4.70. The number of carbonyl (C=O) groups is 2. The molecule has 2 fully saturated rings. The molecule has 2 bridgehead atoms. The number of hydrogen-bond acceptors (Lipinski definition) is 5. The lowest BCUT2D eigenvalue weighted by Gasteiger charge is -2.49. The molecular weight excluding hydrogens is 224 g/mol. The van der Waals surface area contributed by atoms with Crippen LogP contribution in [-0.4, -0.2) is 37.9 Å². The molecule has 17 heavy (non-hydrogen) atoms. The summed E-state index contributed by atoms with van der Waals surface area (Å²) in [6.45, 7) is 0. The summed E-state index contributed by atoms with van der Waals surface area (Å²) < 4.78 is 15.9. The van der Waals surface area contributed by atoms with Crippen molar-refractivity contribution >= 4 is 11.8 Å². The largest absolute Gasteiger partial charge is 0.461 e. The standard InChI is InChI=1S/C12H14O5/c1-15-12(16-2)8-4-3-6(11(12)14)7-5-9(13)17-10(7)8/h3-4,6-8,10H,5H2,1-2H3. The van der Waals surface area contributed by atoms with E-state index >= 15 is 0 Å². The summed E-state index contributed by atoms with van der Waals surface area (Å²) in [4.78, 5) is 23.7. The quantitative estimate of drug-likeness (QED) is 0.393. The number of fused-ring (bicyclic) bond motifs is 1. The highest BCUT2D eigenvalue weighted by molar-refractivity contribution is 5.94. The molecule has 0 spiro atoms. The molecule has 4 atom stereocenters. The molecule has 4 unspecified atom stereocenters. The number of esters is 1. The molecule has 3 aliphatic carbocycles. The fraction of sp³-hybridized carbons (Fsp3) is 0.667. The number of Topliss-reactive ketones (excluding diaryl/α,β-unsaturated/α-hetero) is 1. The minimum Gasteiger partial charge on any atom is -0.461 e. The first kappa shape index (κ1) is 10.9. The molecule has 1 heterocycles. The van der Waals surface area contributed by atoms with Crippen molar-refractivity contribution in [2.45, 2.75) is 18.3 Å². The summed E-state index contributed by atoms with van der Waals surface area (Å²) in [7, 11) is 2.89. The molecule has 92 valence electrons.